The van der Waals surface area contributed by atoms with Crippen molar-refractivity contribution in [3.05, 3.63) is 46.4 Å². The van der Waals surface area contributed by atoms with Crippen molar-refractivity contribution in [2.45, 2.75) is 0 Å². The second-order valence-corrected chi connectivity index (χ2v) is 7.21. The Morgan fingerprint density at radius 3 is 2.66 bits per heavy atom. The largest absolute Gasteiger partial charge is 0.506 e. The van der Waals surface area contributed by atoms with Gasteiger partial charge in [-0.1, -0.05) is 12.1 Å². The molecule has 11 nitrogen and oxygen atoms in total. The van der Waals surface area contributed by atoms with E-state index in [1.54, 1.807) is 0 Å². The van der Waals surface area contributed by atoms with Gasteiger partial charge < -0.3 is 25.2 Å². The lowest BCUT2D eigenvalue weighted by Crippen LogP contribution is -2.36. The van der Waals surface area contributed by atoms with E-state index in [-0.39, 0.29) is 11.0 Å². The standard InChI is InChI=1S/C21H21N5O6/c1-25-19-13(17(29)16(21(25)31)20(30)23-11-15(27)28)10-22-18(24-19)12-4-2-3-5-14(12)26-6-8-32-9-7-26/h2-5,10,29H,6-9,11H2,1H3,(H,23,30)(H,27,28). The van der Waals surface area contributed by atoms with E-state index in [1.807, 2.05) is 24.3 Å². The number of rotatable bonds is 5. The number of ether oxygens (including phenoxy) is 1. The zero-order valence-corrected chi connectivity index (χ0v) is 17.2. The Kier molecular flexibility index (Phi) is 5.73. The van der Waals surface area contributed by atoms with E-state index in [9.17, 15) is 19.5 Å². The van der Waals surface area contributed by atoms with Crippen LogP contribution in [0.4, 0.5) is 5.69 Å². The molecular weight excluding hydrogens is 418 g/mol. The van der Waals surface area contributed by atoms with Crippen LogP contribution < -0.4 is 15.8 Å². The molecule has 1 fully saturated rings. The third-order valence-electron chi connectivity index (χ3n) is 5.22. The van der Waals surface area contributed by atoms with Gasteiger partial charge in [0, 0.05) is 37.6 Å². The van der Waals surface area contributed by atoms with Gasteiger partial charge in [0.2, 0.25) is 0 Å². The fraction of sp³-hybridized carbons (Fsp3) is 0.286. The third kappa shape index (κ3) is 3.85. The van der Waals surface area contributed by atoms with Crippen LogP contribution in [0, 0.1) is 0 Å². The minimum absolute atomic E-state index is 0.0974. The molecule has 0 radical (unpaired) electrons. The Labute approximate surface area is 181 Å². The summed E-state index contributed by atoms with van der Waals surface area (Å²) in [6.45, 7) is 1.98. The van der Waals surface area contributed by atoms with E-state index in [0.717, 1.165) is 28.9 Å². The molecule has 11 heteroatoms. The van der Waals surface area contributed by atoms with Crippen LogP contribution in [0.2, 0.25) is 0 Å². The number of amides is 1. The van der Waals surface area contributed by atoms with E-state index < -0.39 is 35.3 Å². The van der Waals surface area contributed by atoms with Gasteiger partial charge in [-0.15, -0.1) is 0 Å². The number of hydrogen-bond acceptors (Lipinski definition) is 8. The van der Waals surface area contributed by atoms with Crippen molar-refractivity contribution in [2.75, 3.05) is 37.7 Å². The summed E-state index contributed by atoms with van der Waals surface area (Å²) in [7, 11) is 1.42. The van der Waals surface area contributed by atoms with Crippen LogP contribution in [0.15, 0.2) is 35.3 Å². The van der Waals surface area contributed by atoms with Gasteiger partial charge in [-0.3, -0.25) is 19.0 Å². The van der Waals surface area contributed by atoms with Gasteiger partial charge in [-0.25, -0.2) is 9.97 Å². The molecule has 1 aliphatic rings. The molecule has 0 bridgehead atoms. The van der Waals surface area contributed by atoms with Crippen molar-refractivity contribution in [1.29, 1.82) is 0 Å². The minimum Gasteiger partial charge on any atom is -0.506 e. The summed E-state index contributed by atoms with van der Waals surface area (Å²) in [6.07, 6.45) is 1.34. The van der Waals surface area contributed by atoms with Gasteiger partial charge in [0.1, 0.15) is 23.5 Å². The highest BCUT2D eigenvalue weighted by Gasteiger charge is 2.24. The lowest BCUT2D eigenvalue weighted by atomic mass is 10.1. The summed E-state index contributed by atoms with van der Waals surface area (Å²) in [5, 5.41) is 21.5. The van der Waals surface area contributed by atoms with Gasteiger partial charge in [-0.2, -0.15) is 0 Å². The molecule has 4 rings (SSSR count). The van der Waals surface area contributed by atoms with Crippen molar-refractivity contribution in [3.63, 3.8) is 0 Å². The predicted octanol–water partition coefficient (Wildman–Crippen LogP) is 0.352. The Morgan fingerprint density at radius 1 is 1.22 bits per heavy atom. The number of hydrogen-bond donors (Lipinski definition) is 3. The number of carbonyl (C=O) groups excluding carboxylic acids is 1. The van der Waals surface area contributed by atoms with Crippen molar-refractivity contribution in [3.8, 4) is 17.1 Å². The maximum atomic E-state index is 12.8. The van der Waals surface area contributed by atoms with Crippen LogP contribution >= 0.6 is 0 Å². The first-order valence-electron chi connectivity index (χ1n) is 9.89. The first-order valence-corrected chi connectivity index (χ1v) is 9.89. The number of carboxylic acids is 1. The number of nitrogens with zero attached hydrogens (tertiary/aromatic N) is 4. The molecule has 0 spiro atoms. The molecule has 0 unspecified atom stereocenters. The molecule has 1 amide bonds. The summed E-state index contributed by atoms with van der Waals surface area (Å²) >= 11 is 0. The topological polar surface area (TPSA) is 147 Å². The van der Waals surface area contributed by atoms with Crippen LogP contribution in [0.1, 0.15) is 10.4 Å². The van der Waals surface area contributed by atoms with Crippen molar-refractivity contribution < 1.29 is 24.5 Å². The molecule has 3 aromatic rings. The molecule has 0 saturated carbocycles. The van der Waals surface area contributed by atoms with E-state index in [1.165, 1.54) is 13.2 Å². The number of nitrogens with one attached hydrogen (secondary N) is 1. The summed E-state index contributed by atoms with van der Waals surface area (Å²) < 4.78 is 6.56. The number of para-hydroxylation sites is 1. The number of fused-ring (bicyclic) bond motifs is 1. The zero-order valence-electron chi connectivity index (χ0n) is 17.2. The molecule has 0 aliphatic carbocycles. The molecular formula is C21H21N5O6. The highest BCUT2D eigenvalue weighted by atomic mass is 16.5. The number of anilines is 1. The van der Waals surface area contributed by atoms with E-state index in [0.29, 0.717) is 19.0 Å². The minimum atomic E-state index is -1.28. The number of carboxylic acid groups (broad SMARTS) is 1. The molecule has 0 atom stereocenters. The second-order valence-electron chi connectivity index (χ2n) is 7.21. The summed E-state index contributed by atoms with van der Waals surface area (Å²) in [4.78, 5) is 46.8. The highest BCUT2D eigenvalue weighted by Crippen LogP contribution is 2.31. The van der Waals surface area contributed by atoms with Gasteiger partial charge in [0.25, 0.3) is 11.5 Å². The fourth-order valence-corrected chi connectivity index (χ4v) is 3.62. The maximum absolute atomic E-state index is 12.8. The van der Waals surface area contributed by atoms with Gasteiger partial charge in [-0.05, 0) is 12.1 Å². The summed E-state index contributed by atoms with van der Waals surface area (Å²) in [5.74, 6) is -2.51. The van der Waals surface area contributed by atoms with Crippen LogP contribution in [-0.4, -0.2) is 69.5 Å². The van der Waals surface area contributed by atoms with E-state index >= 15 is 0 Å². The lowest BCUT2D eigenvalue weighted by Gasteiger charge is -2.30. The molecule has 1 saturated heterocycles. The first-order chi connectivity index (χ1) is 15.4. The second kappa shape index (κ2) is 8.63. The number of benzene rings is 1. The average Bonchev–Trinajstić information content (AvgIpc) is 2.81. The third-order valence-corrected chi connectivity index (χ3v) is 5.22. The van der Waals surface area contributed by atoms with Gasteiger partial charge >= 0.3 is 5.97 Å². The number of aryl methyl sites for hydroxylation is 1. The summed E-state index contributed by atoms with van der Waals surface area (Å²) in [5.41, 5.74) is 0.458. The monoisotopic (exact) mass is 439 g/mol. The molecule has 3 heterocycles. The number of aromatic nitrogens is 3. The molecule has 166 valence electrons. The van der Waals surface area contributed by atoms with E-state index in [2.05, 4.69) is 20.2 Å². The Morgan fingerprint density at radius 2 is 1.94 bits per heavy atom. The quantitative estimate of drug-likeness (QED) is 0.512. The molecule has 1 aromatic carbocycles. The number of carbonyl (C=O) groups is 2. The Bertz CT molecular complexity index is 1270. The number of morpholine rings is 1. The van der Waals surface area contributed by atoms with Crippen LogP contribution in [0.25, 0.3) is 22.4 Å². The number of aromatic hydroxyl groups is 1. The first kappa shape index (κ1) is 21.2. The molecule has 2 aromatic heterocycles. The van der Waals surface area contributed by atoms with Crippen LogP contribution in [-0.2, 0) is 16.6 Å². The summed E-state index contributed by atoms with van der Waals surface area (Å²) in [6, 6.07) is 7.61. The average molecular weight is 439 g/mol. The van der Waals surface area contributed by atoms with Crippen molar-refractivity contribution in [1.82, 2.24) is 19.9 Å². The maximum Gasteiger partial charge on any atom is 0.322 e. The molecule has 1 aliphatic heterocycles. The van der Waals surface area contributed by atoms with Crippen LogP contribution in [0.3, 0.4) is 0 Å². The SMILES string of the molecule is Cn1c(=O)c(C(=O)NCC(=O)O)c(O)c2cnc(-c3ccccc3N3CCOCC3)nc21. The number of aliphatic carboxylic acids is 1. The lowest BCUT2D eigenvalue weighted by molar-refractivity contribution is -0.135. The normalized spacial score (nSPS) is 13.8. The highest BCUT2D eigenvalue weighted by molar-refractivity contribution is 6.02. The number of pyridine rings is 1. The van der Waals surface area contributed by atoms with E-state index in [4.69, 9.17) is 9.84 Å². The Hall–Kier alpha value is -3.99. The van der Waals surface area contributed by atoms with Gasteiger partial charge in [0.05, 0.1) is 18.6 Å². The van der Waals surface area contributed by atoms with Crippen molar-refractivity contribution in [2.24, 2.45) is 7.05 Å². The Balaban J connectivity index is 1.81. The van der Waals surface area contributed by atoms with Crippen molar-refractivity contribution >= 4 is 28.6 Å². The van der Waals surface area contributed by atoms with Gasteiger partial charge in [0.15, 0.2) is 5.82 Å². The molecule has 32 heavy (non-hydrogen) atoms. The molecule has 3 N–H and O–H groups in total. The fourth-order valence-electron chi connectivity index (χ4n) is 3.62. The smallest absolute Gasteiger partial charge is 0.322 e. The zero-order chi connectivity index (χ0) is 22.8. The van der Waals surface area contributed by atoms with Crippen LogP contribution in [0.5, 0.6) is 5.75 Å². The predicted molar refractivity (Wildman–Crippen MR) is 115 cm³/mol.